The standard InChI is InChI=1S/C13H10O3/c14-11-7-2-1-4-9-5-3-6-10(13(9)11)8-12(15)16/h1-8,14H,(H,15,16). The van der Waals surface area contributed by atoms with Crippen LogP contribution < -0.4 is 10.4 Å². The summed E-state index contributed by atoms with van der Waals surface area (Å²) in [4.78, 5) is 10.7. The third-order valence-corrected chi connectivity index (χ3v) is 2.31. The van der Waals surface area contributed by atoms with Crippen LogP contribution in [-0.2, 0) is 4.79 Å². The van der Waals surface area contributed by atoms with Gasteiger partial charge < -0.3 is 10.2 Å². The van der Waals surface area contributed by atoms with E-state index in [-0.39, 0.29) is 5.76 Å². The third kappa shape index (κ3) is 1.88. The van der Waals surface area contributed by atoms with Gasteiger partial charge in [-0.25, -0.2) is 4.79 Å². The molecule has 0 unspecified atom stereocenters. The second-order valence-corrected chi connectivity index (χ2v) is 3.40. The van der Waals surface area contributed by atoms with Crippen LogP contribution in [0.25, 0.3) is 17.9 Å². The molecule has 0 aromatic heterocycles. The zero-order valence-corrected chi connectivity index (χ0v) is 8.42. The quantitative estimate of drug-likeness (QED) is 0.727. The molecule has 2 N–H and O–H groups in total. The van der Waals surface area contributed by atoms with Crippen LogP contribution in [-0.4, -0.2) is 16.2 Å². The van der Waals surface area contributed by atoms with Crippen molar-refractivity contribution in [3.8, 4) is 0 Å². The molecule has 1 aliphatic rings. The molecule has 0 saturated heterocycles. The van der Waals surface area contributed by atoms with Gasteiger partial charge in [0, 0.05) is 11.3 Å². The van der Waals surface area contributed by atoms with Gasteiger partial charge in [-0.3, -0.25) is 0 Å². The first kappa shape index (κ1) is 10.2. The number of aliphatic hydroxyl groups excluding tert-OH is 1. The number of hydrogen-bond donors (Lipinski definition) is 2. The Labute approximate surface area is 92.0 Å². The molecule has 2 rings (SSSR count). The number of aliphatic carboxylic acids is 1. The van der Waals surface area contributed by atoms with Crippen molar-refractivity contribution < 1.29 is 15.0 Å². The Hall–Kier alpha value is -2.29. The zero-order chi connectivity index (χ0) is 11.5. The Balaban J connectivity index is 2.91. The first-order valence-electron chi connectivity index (χ1n) is 4.80. The van der Waals surface area contributed by atoms with Crippen LogP contribution in [0.5, 0.6) is 0 Å². The van der Waals surface area contributed by atoms with Gasteiger partial charge in [-0.05, 0) is 16.9 Å². The second kappa shape index (κ2) is 4.06. The lowest BCUT2D eigenvalue weighted by Crippen LogP contribution is -2.30. The van der Waals surface area contributed by atoms with Crippen molar-refractivity contribution in [3.05, 3.63) is 52.4 Å². The fourth-order valence-electron chi connectivity index (χ4n) is 1.67. The molecule has 16 heavy (non-hydrogen) atoms. The van der Waals surface area contributed by atoms with E-state index in [4.69, 9.17) is 5.11 Å². The lowest BCUT2D eigenvalue weighted by atomic mass is 10.1. The summed E-state index contributed by atoms with van der Waals surface area (Å²) < 4.78 is 0. The zero-order valence-electron chi connectivity index (χ0n) is 8.42. The number of rotatable bonds is 1. The highest BCUT2D eigenvalue weighted by Crippen LogP contribution is 2.01. The highest BCUT2D eigenvalue weighted by molar-refractivity contribution is 5.98. The van der Waals surface area contributed by atoms with Crippen LogP contribution in [0, 0.1) is 0 Å². The number of carboxylic acid groups (broad SMARTS) is 1. The van der Waals surface area contributed by atoms with Crippen molar-refractivity contribution in [1.82, 2.24) is 0 Å². The number of carbonyl (C=O) groups is 1. The smallest absolute Gasteiger partial charge is 0.328 e. The van der Waals surface area contributed by atoms with E-state index >= 15 is 0 Å². The Bertz CT molecular complexity index is 607. The summed E-state index contributed by atoms with van der Waals surface area (Å²) in [6, 6.07) is 5.25. The highest BCUT2D eigenvalue weighted by atomic mass is 16.4. The molecule has 0 aliphatic heterocycles. The highest BCUT2D eigenvalue weighted by Gasteiger charge is 2.01. The maximum Gasteiger partial charge on any atom is 0.328 e. The first-order chi connectivity index (χ1) is 7.68. The van der Waals surface area contributed by atoms with Gasteiger partial charge in [0.25, 0.3) is 0 Å². The van der Waals surface area contributed by atoms with Crippen LogP contribution in [0.1, 0.15) is 5.56 Å². The van der Waals surface area contributed by atoms with Crippen molar-refractivity contribution in [1.29, 1.82) is 0 Å². The van der Waals surface area contributed by atoms with Gasteiger partial charge in [0.1, 0.15) is 5.76 Å². The second-order valence-electron chi connectivity index (χ2n) is 3.40. The number of carboxylic acids is 1. The van der Waals surface area contributed by atoms with Crippen molar-refractivity contribution in [2.24, 2.45) is 0 Å². The summed E-state index contributed by atoms with van der Waals surface area (Å²) in [5, 5.41) is 19.6. The summed E-state index contributed by atoms with van der Waals surface area (Å²) in [5.74, 6) is -0.952. The Kier molecular flexibility index (Phi) is 2.60. The third-order valence-electron chi connectivity index (χ3n) is 2.31. The van der Waals surface area contributed by atoms with E-state index in [0.717, 1.165) is 11.6 Å². The molecular weight excluding hydrogens is 204 g/mol. The topological polar surface area (TPSA) is 57.5 Å². The minimum Gasteiger partial charge on any atom is -0.507 e. The summed E-state index contributed by atoms with van der Waals surface area (Å²) in [7, 11) is 0. The van der Waals surface area contributed by atoms with Crippen LogP contribution in [0.15, 0.2) is 36.4 Å². The molecule has 80 valence electrons. The maximum absolute atomic E-state index is 10.7. The molecule has 0 saturated carbocycles. The van der Waals surface area contributed by atoms with Gasteiger partial charge >= 0.3 is 5.97 Å². The lowest BCUT2D eigenvalue weighted by molar-refractivity contribution is -0.129. The molecule has 1 aromatic rings. The molecule has 1 aliphatic carbocycles. The number of benzene rings is 1. The molecule has 3 heteroatoms. The Morgan fingerprint density at radius 1 is 1.19 bits per heavy atom. The van der Waals surface area contributed by atoms with Crippen LogP contribution in [0.2, 0.25) is 0 Å². The lowest BCUT2D eigenvalue weighted by Gasteiger charge is -1.98. The normalized spacial score (nSPS) is 14.8. The fourth-order valence-corrected chi connectivity index (χ4v) is 1.67. The molecule has 0 amide bonds. The van der Waals surface area contributed by atoms with Crippen molar-refractivity contribution >= 4 is 23.9 Å². The fraction of sp³-hybridized carbons (Fsp3) is 0. The van der Waals surface area contributed by atoms with Crippen LogP contribution >= 0.6 is 0 Å². The van der Waals surface area contributed by atoms with Crippen molar-refractivity contribution in [2.75, 3.05) is 0 Å². The average molecular weight is 214 g/mol. The van der Waals surface area contributed by atoms with E-state index in [1.165, 1.54) is 0 Å². The molecule has 0 fully saturated rings. The van der Waals surface area contributed by atoms with E-state index < -0.39 is 5.97 Å². The van der Waals surface area contributed by atoms with Crippen molar-refractivity contribution in [2.45, 2.75) is 0 Å². The molecule has 0 radical (unpaired) electrons. The average Bonchev–Trinajstić information content (AvgIpc) is 2.41. The maximum atomic E-state index is 10.7. The SMILES string of the molecule is O=C(O)C=c1cccc2c1=C(O)C=CC=C2. The summed E-state index contributed by atoms with van der Waals surface area (Å²) in [5.41, 5.74) is 0.803. The Morgan fingerprint density at radius 2 is 1.94 bits per heavy atom. The molecule has 0 bridgehead atoms. The Morgan fingerprint density at radius 3 is 2.69 bits per heavy atom. The predicted molar refractivity (Wildman–Crippen MR) is 62.0 cm³/mol. The molecule has 0 heterocycles. The van der Waals surface area contributed by atoms with E-state index in [1.807, 2.05) is 12.1 Å². The minimum absolute atomic E-state index is 0.0769. The number of allylic oxidation sites excluding steroid dienone is 2. The number of hydrogen-bond acceptors (Lipinski definition) is 2. The monoisotopic (exact) mass is 214 g/mol. The van der Waals surface area contributed by atoms with Gasteiger partial charge in [0.2, 0.25) is 0 Å². The molecule has 0 atom stereocenters. The summed E-state index contributed by atoms with van der Waals surface area (Å²) in [6.07, 6.45) is 7.96. The molecule has 0 spiro atoms. The molecular formula is C13H10O3. The van der Waals surface area contributed by atoms with Crippen molar-refractivity contribution in [3.63, 3.8) is 0 Å². The largest absolute Gasteiger partial charge is 0.507 e. The summed E-state index contributed by atoms with van der Waals surface area (Å²) in [6.45, 7) is 0. The number of aliphatic hydroxyl groups is 1. The van der Waals surface area contributed by atoms with Crippen LogP contribution in [0.4, 0.5) is 0 Å². The van der Waals surface area contributed by atoms with E-state index in [0.29, 0.717) is 10.4 Å². The van der Waals surface area contributed by atoms with Gasteiger partial charge in [0.15, 0.2) is 0 Å². The summed E-state index contributed by atoms with van der Waals surface area (Å²) >= 11 is 0. The first-order valence-corrected chi connectivity index (χ1v) is 4.80. The van der Waals surface area contributed by atoms with E-state index in [1.54, 1.807) is 30.4 Å². The van der Waals surface area contributed by atoms with Gasteiger partial charge in [-0.1, -0.05) is 36.4 Å². The van der Waals surface area contributed by atoms with E-state index in [2.05, 4.69) is 0 Å². The number of fused-ring (bicyclic) bond motifs is 1. The van der Waals surface area contributed by atoms with E-state index in [9.17, 15) is 9.90 Å². The van der Waals surface area contributed by atoms with Gasteiger partial charge in [-0.15, -0.1) is 0 Å². The molecule has 3 nitrogen and oxygen atoms in total. The minimum atomic E-state index is -1.03. The van der Waals surface area contributed by atoms with Gasteiger partial charge in [0.05, 0.1) is 0 Å². The van der Waals surface area contributed by atoms with Crippen LogP contribution in [0.3, 0.4) is 0 Å². The molecule has 1 aromatic carbocycles. The van der Waals surface area contributed by atoms with Gasteiger partial charge in [-0.2, -0.15) is 0 Å². The predicted octanol–water partition coefficient (Wildman–Crippen LogP) is 0.801.